The maximum Gasteiger partial charge on any atom is 0.411 e. The van der Waals surface area contributed by atoms with E-state index in [9.17, 15) is 14.0 Å². The van der Waals surface area contributed by atoms with Crippen LogP contribution >= 0.6 is 0 Å². The number of para-hydroxylation sites is 1. The van der Waals surface area contributed by atoms with Crippen LogP contribution in [0.15, 0.2) is 72.3 Å². The Morgan fingerprint density at radius 3 is 2.59 bits per heavy atom. The summed E-state index contributed by atoms with van der Waals surface area (Å²) in [5.74, 6) is -0.761. The summed E-state index contributed by atoms with van der Waals surface area (Å²) in [7, 11) is 0. The number of allylic oxidation sites excluding steroid dienone is 1. The summed E-state index contributed by atoms with van der Waals surface area (Å²) in [5.41, 5.74) is 1.64. The molecule has 0 aliphatic carbocycles. The third-order valence-corrected chi connectivity index (χ3v) is 4.64. The molecule has 1 aromatic heterocycles. The fraction of sp³-hybridized carbons (Fsp3) is 0.292. The van der Waals surface area contributed by atoms with Crippen molar-refractivity contribution in [2.24, 2.45) is 0 Å². The molecule has 1 aromatic carbocycles. The number of pyridine rings is 1. The molecule has 2 aromatic rings. The standard InChI is InChI=1S/C24H27FN4O3/c1-16(28-18-8-6-5-7-9-18)22-20(27-12-17-10-11-26-13-19(17)25)14-29(15-21(22)30)23(31)32-24(2,3)4/h5-11,13,27-28H,1,12,14-15H2,2-4H3. The summed E-state index contributed by atoms with van der Waals surface area (Å²) < 4.78 is 19.5. The van der Waals surface area contributed by atoms with E-state index in [1.807, 2.05) is 30.3 Å². The van der Waals surface area contributed by atoms with Gasteiger partial charge in [0.05, 0.1) is 24.9 Å². The normalized spacial score (nSPS) is 14.2. The van der Waals surface area contributed by atoms with E-state index in [0.29, 0.717) is 22.5 Å². The Morgan fingerprint density at radius 1 is 1.22 bits per heavy atom. The first-order chi connectivity index (χ1) is 15.1. The quantitative estimate of drug-likeness (QED) is 0.709. The number of hydrogen-bond acceptors (Lipinski definition) is 6. The third-order valence-electron chi connectivity index (χ3n) is 4.64. The Balaban J connectivity index is 1.88. The number of anilines is 1. The summed E-state index contributed by atoms with van der Waals surface area (Å²) in [6.45, 7) is 9.37. The van der Waals surface area contributed by atoms with Crippen molar-refractivity contribution in [1.82, 2.24) is 15.2 Å². The molecule has 0 bridgehead atoms. The molecule has 7 nitrogen and oxygen atoms in total. The number of rotatable bonds is 6. The van der Waals surface area contributed by atoms with Gasteiger partial charge >= 0.3 is 6.09 Å². The number of carbonyl (C=O) groups excluding carboxylic acids is 2. The molecule has 168 valence electrons. The molecule has 2 heterocycles. The van der Waals surface area contributed by atoms with Gasteiger partial charge in [-0.3, -0.25) is 14.7 Å². The average Bonchev–Trinajstić information content (AvgIpc) is 2.72. The highest BCUT2D eigenvalue weighted by Gasteiger charge is 2.32. The molecular weight excluding hydrogens is 411 g/mol. The average molecular weight is 439 g/mol. The number of hydrogen-bond donors (Lipinski definition) is 2. The van der Waals surface area contributed by atoms with Crippen LogP contribution in [0.4, 0.5) is 14.9 Å². The summed E-state index contributed by atoms with van der Waals surface area (Å²) in [6, 6.07) is 10.9. The van der Waals surface area contributed by atoms with Gasteiger partial charge in [0.1, 0.15) is 11.4 Å². The molecule has 0 radical (unpaired) electrons. The van der Waals surface area contributed by atoms with E-state index in [-0.39, 0.29) is 25.4 Å². The molecule has 1 amide bonds. The number of ether oxygens (including phenoxy) is 1. The van der Waals surface area contributed by atoms with E-state index in [2.05, 4.69) is 22.2 Å². The van der Waals surface area contributed by atoms with E-state index in [1.54, 1.807) is 26.8 Å². The van der Waals surface area contributed by atoms with Gasteiger partial charge in [0.15, 0.2) is 5.78 Å². The zero-order chi connectivity index (χ0) is 23.3. The zero-order valence-corrected chi connectivity index (χ0v) is 18.4. The number of Topliss-reactive ketones (excluding diaryl/α,β-unsaturated/α-hetero) is 1. The number of halogens is 1. The van der Waals surface area contributed by atoms with Crippen molar-refractivity contribution in [2.75, 3.05) is 18.4 Å². The van der Waals surface area contributed by atoms with E-state index < -0.39 is 17.5 Å². The predicted octanol–water partition coefficient (Wildman–Crippen LogP) is 4.01. The van der Waals surface area contributed by atoms with Crippen molar-refractivity contribution in [3.8, 4) is 0 Å². The van der Waals surface area contributed by atoms with Gasteiger partial charge in [0, 0.05) is 35.4 Å². The lowest BCUT2D eigenvalue weighted by atomic mass is 10.0. The van der Waals surface area contributed by atoms with Gasteiger partial charge in [-0.1, -0.05) is 24.8 Å². The van der Waals surface area contributed by atoms with Gasteiger partial charge in [-0.25, -0.2) is 9.18 Å². The van der Waals surface area contributed by atoms with Gasteiger partial charge in [0.25, 0.3) is 0 Å². The highest BCUT2D eigenvalue weighted by Crippen LogP contribution is 2.24. The molecule has 8 heteroatoms. The first-order valence-corrected chi connectivity index (χ1v) is 10.2. The molecule has 1 aliphatic heterocycles. The Kier molecular flexibility index (Phi) is 6.92. The van der Waals surface area contributed by atoms with E-state index in [4.69, 9.17) is 4.74 Å². The Labute approximate surface area is 187 Å². The van der Waals surface area contributed by atoms with Crippen LogP contribution in [0.1, 0.15) is 26.3 Å². The minimum atomic E-state index is -0.698. The first kappa shape index (κ1) is 23.0. The van der Waals surface area contributed by atoms with Crippen LogP contribution in [0.3, 0.4) is 0 Å². The third kappa shape index (κ3) is 5.94. The van der Waals surface area contributed by atoms with Gasteiger partial charge in [-0.05, 0) is 39.0 Å². The lowest BCUT2D eigenvalue weighted by Crippen LogP contribution is -2.47. The maximum atomic E-state index is 14.1. The number of benzene rings is 1. The summed E-state index contributed by atoms with van der Waals surface area (Å²) >= 11 is 0. The molecule has 0 fully saturated rings. The Bertz CT molecular complexity index is 1040. The highest BCUT2D eigenvalue weighted by molar-refractivity contribution is 6.04. The summed E-state index contributed by atoms with van der Waals surface area (Å²) in [5, 5.41) is 6.25. The van der Waals surface area contributed by atoms with E-state index in [0.717, 1.165) is 11.9 Å². The number of nitrogens with zero attached hydrogens (tertiary/aromatic N) is 2. The number of amides is 1. The van der Waals surface area contributed by atoms with Crippen LogP contribution in [0.5, 0.6) is 0 Å². The molecule has 32 heavy (non-hydrogen) atoms. The Morgan fingerprint density at radius 2 is 1.94 bits per heavy atom. The van der Waals surface area contributed by atoms with Crippen molar-refractivity contribution in [3.05, 3.63) is 83.7 Å². The molecule has 0 saturated carbocycles. The Hall–Kier alpha value is -3.68. The van der Waals surface area contributed by atoms with Crippen molar-refractivity contribution in [3.63, 3.8) is 0 Å². The number of nitrogens with one attached hydrogen (secondary N) is 2. The SMILES string of the molecule is C=C(Nc1ccccc1)C1=C(NCc2ccncc2F)CN(C(=O)OC(C)(C)C)CC1=O. The second-order valence-corrected chi connectivity index (χ2v) is 8.40. The van der Waals surface area contributed by atoms with Crippen molar-refractivity contribution >= 4 is 17.6 Å². The van der Waals surface area contributed by atoms with Crippen molar-refractivity contribution in [2.45, 2.75) is 32.9 Å². The molecule has 0 atom stereocenters. The van der Waals surface area contributed by atoms with Crippen molar-refractivity contribution in [1.29, 1.82) is 0 Å². The van der Waals surface area contributed by atoms with Gasteiger partial charge in [0.2, 0.25) is 0 Å². The smallest absolute Gasteiger partial charge is 0.411 e. The van der Waals surface area contributed by atoms with E-state index >= 15 is 0 Å². The first-order valence-electron chi connectivity index (χ1n) is 10.2. The second-order valence-electron chi connectivity index (χ2n) is 8.40. The molecule has 0 saturated heterocycles. The fourth-order valence-corrected chi connectivity index (χ4v) is 3.20. The summed E-state index contributed by atoms with van der Waals surface area (Å²) in [4.78, 5) is 30.7. The summed E-state index contributed by atoms with van der Waals surface area (Å²) in [6.07, 6.45) is 2.02. The van der Waals surface area contributed by atoms with Gasteiger partial charge in [-0.2, -0.15) is 0 Å². The van der Waals surface area contributed by atoms with Gasteiger partial charge < -0.3 is 15.4 Å². The monoisotopic (exact) mass is 438 g/mol. The van der Waals surface area contributed by atoms with Gasteiger partial charge in [-0.15, -0.1) is 0 Å². The van der Waals surface area contributed by atoms with E-state index in [1.165, 1.54) is 11.1 Å². The lowest BCUT2D eigenvalue weighted by Gasteiger charge is -2.33. The van der Waals surface area contributed by atoms with Crippen LogP contribution in [-0.2, 0) is 16.1 Å². The zero-order valence-electron chi connectivity index (χ0n) is 18.4. The molecule has 0 unspecified atom stereocenters. The molecule has 1 aliphatic rings. The number of carbonyl (C=O) groups is 2. The number of aromatic nitrogens is 1. The topological polar surface area (TPSA) is 83.6 Å². The van der Waals surface area contributed by atoms with Crippen LogP contribution in [0.25, 0.3) is 0 Å². The predicted molar refractivity (Wildman–Crippen MR) is 120 cm³/mol. The van der Waals surface area contributed by atoms with Crippen LogP contribution in [-0.4, -0.2) is 40.5 Å². The number of ketones is 1. The molecule has 0 spiro atoms. The highest BCUT2D eigenvalue weighted by atomic mass is 19.1. The largest absolute Gasteiger partial charge is 0.444 e. The minimum Gasteiger partial charge on any atom is -0.444 e. The van der Waals surface area contributed by atoms with Crippen LogP contribution < -0.4 is 10.6 Å². The van der Waals surface area contributed by atoms with Crippen LogP contribution in [0, 0.1) is 5.82 Å². The van der Waals surface area contributed by atoms with Crippen molar-refractivity contribution < 1.29 is 18.7 Å². The molecule has 2 N–H and O–H groups in total. The second kappa shape index (κ2) is 9.64. The lowest BCUT2D eigenvalue weighted by molar-refractivity contribution is -0.117. The molecule has 3 rings (SSSR count). The van der Waals surface area contributed by atoms with Crippen LogP contribution in [0.2, 0.25) is 0 Å². The molecular formula is C24H27FN4O3. The minimum absolute atomic E-state index is 0.0954. The fourth-order valence-electron chi connectivity index (χ4n) is 3.20. The maximum absolute atomic E-state index is 14.1.